The Morgan fingerprint density at radius 3 is 3.20 bits per heavy atom. The minimum Gasteiger partial charge on any atom is -0.376 e. The van der Waals surface area contributed by atoms with Crippen molar-refractivity contribution in [2.75, 3.05) is 30.8 Å². The molecule has 1 aromatic heterocycles. The number of nitrogens with zero attached hydrogens (tertiary/aromatic N) is 3. The molecule has 82 valence electrons. The number of likely N-dealkylation sites (N-methyl/N-ethyl adjacent to an activating group) is 1. The molecule has 1 unspecified atom stereocenters. The maximum Gasteiger partial charge on any atom is 0.221 e. The highest BCUT2D eigenvalue weighted by atomic mass is 16.5. The van der Waals surface area contributed by atoms with E-state index in [2.05, 4.69) is 9.97 Å². The molecule has 0 amide bonds. The van der Waals surface area contributed by atoms with Crippen LogP contribution in [0.2, 0.25) is 0 Å². The summed E-state index contributed by atoms with van der Waals surface area (Å²) in [5, 5.41) is 0. The molecule has 2 heterocycles. The van der Waals surface area contributed by atoms with E-state index in [0.29, 0.717) is 12.1 Å². The normalized spacial score (nSPS) is 20.5. The maximum absolute atomic E-state index is 5.56. The molecular formula is C10H16N4O. The Morgan fingerprint density at radius 2 is 2.53 bits per heavy atom. The van der Waals surface area contributed by atoms with Crippen LogP contribution in [0.5, 0.6) is 0 Å². The van der Waals surface area contributed by atoms with Crippen LogP contribution in [-0.2, 0) is 4.74 Å². The summed E-state index contributed by atoms with van der Waals surface area (Å²) in [5.41, 5.74) is 5.52. The summed E-state index contributed by atoms with van der Waals surface area (Å²) in [6.07, 6.45) is 4.28. The van der Waals surface area contributed by atoms with Crippen LogP contribution in [-0.4, -0.2) is 36.3 Å². The minimum absolute atomic E-state index is 0.312. The zero-order valence-electron chi connectivity index (χ0n) is 8.89. The molecule has 1 aliphatic rings. The lowest BCUT2D eigenvalue weighted by molar-refractivity contribution is 0.116. The van der Waals surface area contributed by atoms with Gasteiger partial charge in [0, 0.05) is 26.4 Å². The highest BCUT2D eigenvalue weighted by molar-refractivity contribution is 5.39. The Morgan fingerprint density at radius 1 is 1.67 bits per heavy atom. The van der Waals surface area contributed by atoms with Crippen LogP contribution in [0.25, 0.3) is 0 Å². The molecule has 0 aliphatic carbocycles. The van der Waals surface area contributed by atoms with Crippen LogP contribution in [0.15, 0.2) is 12.3 Å². The molecule has 15 heavy (non-hydrogen) atoms. The van der Waals surface area contributed by atoms with E-state index in [1.807, 2.05) is 18.0 Å². The Hall–Kier alpha value is -1.36. The Labute approximate surface area is 89.3 Å². The highest BCUT2D eigenvalue weighted by Gasteiger charge is 2.18. The van der Waals surface area contributed by atoms with Gasteiger partial charge in [-0.3, -0.25) is 0 Å². The minimum atomic E-state index is 0.312. The molecule has 1 aliphatic heterocycles. The first-order valence-corrected chi connectivity index (χ1v) is 5.17. The van der Waals surface area contributed by atoms with E-state index < -0.39 is 0 Å². The molecule has 5 heteroatoms. The number of ether oxygens (including phenoxy) is 1. The Bertz CT molecular complexity index is 325. The fraction of sp³-hybridized carbons (Fsp3) is 0.600. The molecule has 1 aromatic rings. The van der Waals surface area contributed by atoms with Gasteiger partial charge in [0.1, 0.15) is 5.82 Å². The lowest BCUT2D eigenvalue weighted by atomic mass is 10.2. The first-order chi connectivity index (χ1) is 7.25. The van der Waals surface area contributed by atoms with E-state index in [0.717, 1.165) is 31.8 Å². The van der Waals surface area contributed by atoms with E-state index in [9.17, 15) is 0 Å². The van der Waals surface area contributed by atoms with Crippen molar-refractivity contribution in [1.29, 1.82) is 0 Å². The van der Waals surface area contributed by atoms with Gasteiger partial charge in [-0.25, -0.2) is 4.98 Å². The summed E-state index contributed by atoms with van der Waals surface area (Å²) in [6, 6.07) is 1.85. The lowest BCUT2D eigenvalue weighted by Crippen LogP contribution is -2.29. The monoisotopic (exact) mass is 208 g/mol. The third-order valence-electron chi connectivity index (χ3n) is 2.55. The highest BCUT2D eigenvalue weighted by Crippen LogP contribution is 2.16. The second-order valence-electron chi connectivity index (χ2n) is 3.79. The zero-order valence-corrected chi connectivity index (χ0v) is 8.89. The fourth-order valence-corrected chi connectivity index (χ4v) is 1.76. The number of anilines is 2. The van der Waals surface area contributed by atoms with Crippen LogP contribution in [0.3, 0.4) is 0 Å². The van der Waals surface area contributed by atoms with Gasteiger partial charge < -0.3 is 15.4 Å². The summed E-state index contributed by atoms with van der Waals surface area (Å²) >= 11 is 0. The topological polar surface area (TPSA) is 64.3 Å². The van der Waals surface area contributed by atoms with Gasteiger partial charge >= 0.3 is 0 Å². The van der Waals surface area contributed by atoms with E-state index in [4.69, 9.17) is 10.5 Å². The average Bonchev–Trinajstić information content (AvgIpc) is 2.70. The summed E-state index contributed by atoms with van der Waals surface area (Å²) < 4.78 is 5.56. The summed E-state index contributed by atoms with van der Waals surface area (Å²) in [7, 11) is 1.99. The first kappa shape index (κ1) is 10.2. The molecule has 0 radical (unpaired) electrons. The number of nitrogen functional groups attached to an aromatic ring is 1. The van der Waals surface area contributed by atoms with Crippen molar-refractivity contribution < 1.29 is 4.74 Å². The molecule has 0 bridgehead atoms. The van der Waals surface area contributed by atoms with Crippen molar-refractivity contribution in [3.63, 3.8) is 0 Å². The van der Waals surface area contributed by atoms with Crippen molar-refractivity contribution in [2.45, 2.75) is 18.9 Å². The Balaban J connectivity index is 1.97. The SMILES string of the molecule is CN(CC1CCCO1)c1ccnc(N)n1. The number of hydrogen-bond donors (Lipinski definition) is 1. The predicted octanol–water partition coefficient (Wildman–Crippen LogP) is 0.674. The van der Waals surface area contributed by atoms with Gasteiger partial charge in [0.2, 0.25) is 5.95 Å². The summed E-state index contributed by atoms with van der Waals surface area (Å²) in [4.78, 5) is 10.1. The van der Waals surface area contributed by atoms with Crippen molar-refractivity contribution >= 4 is 11.8 Å². The lowest BCUT2D eigenvalue weighted by Gasteiger charge is -2.21. The smallest absolute Gasteiger partial charge is 0.221 e. The van der Waals surface area contributed by atoms with Gasteiger partial charge in [-0.2, -0.15) is 4.98 Å². The molecule has 0 saturated carbocycles. The van der Waals surface area contributed by atoms with Crippen molar-refractivity contribution in [3.8, 4) is 0 Å². The van der Waals surface area contributed by atoms with Gasteiger partial charge in [-0.05, 0) is 18.9 Å². The van der Waals surface area contributed by atoms with Crippen LogP contribution < -0.4 is 10.6 Å². The molecule has 2 rings (SSSR count). The van der Waals surface area contributed by atoms with Crippen LogP contribution in [0.4, 0.5) is 11.8 Å². The van der Waals surface area contributed by atoms with Crippen LogP contribution >= 0.6 is 0 Å². The molecule has 2 N–H and O–H groups in total. The second-order valence-corrected chi connectivity index (χ2v) is 3.79. The molecular weight excluding hydrogens is 192 g/mol. The van der Waals surface area contributed by atoms with Gasteiger partial charge in [0.05, 0.1) is 6.10 Å². The molecule has 5 nitrogen and oxygen atoms in total. The van der Waals surface area contributed by atoms with Gasteiger partial charge in [-0.15, -0.1) is 0 Å². The van der Waals surface area contributed by atoms with E-state index in [-0.39, 0.29) is 0 Å². The van der Waals surface area contributed by atoms with Crippen molar-refractivity contribution in [2.24, 2.45) is 0 Å². The van der Waals surface area contributed by atoms with E-state index in [1.165, 1.54) is 0 Å². The third-order valence-corrected chi connectivity index (χ3v) is 2.55. The third kappa shape index (κ3) is 2.56. The Kier molecular flexibility index (Phi) is 3.01. The summed E-state index contributed by atoms with van der Waals surface area (Å²) in [6.45, 7) is 1.74. The molecule has 1 fully saturated rings. The fourth-order valence-electron chi connectivity index (χ4n) is 1.76. The number of nitrogens with two attached hydrogens (primary N) is 1. The van der Waals surface area contributed by atoms with E-state index in [1.54, 1.807) is 6.20 Å². The molecule has 0 aromatic carbocycles. The zero-order chi connectivity index (χ0) is 10.7. The quantitative estimate of drug-likeness (QED) is 0.791. The second kappa shape index (κ2) is 4.44. The van der Waals surface area contributed by atoms with Gasteiger partial charge in [-0.1, -0.05) is 0 Å². The number of aromatic nitrogens is 2. The molecule has 0 spiro atoms. The average molecular weight is 208 g/mol. The number of rotatable bonds is 3. The predicted molar refractivity (Wildman–Crippen MR) is 58.7 cm³/mol. The van der Waals surface area contributed by atoms with Crippen molar-refractivity contribution in [1.82, 2.24) is 9.97 Å². The van der Waals surface area contributed by atoms with Gasteiger partial charge in [0.15, 0.2) is 0 Å². The first-order valence-electron chi connectivity index (χ1n) is 5.17. The van der Waals surface area contributed by atoms with Crippen LogP contribution in [0.1, 0.15) is 12.8 Å². The largest absolute Gasteiger partial charge is 0.376 e. The maximum atomic E-state index is 5.56. The molecule has 1 atom stereocenters. The molecule has 1 saturated heterocycles. The van der Waals surface area contributed by atoms with Crippen LogP contribution in [0, 0.1) is 0 Å². The number of hydrogen-bond acceptors (Lipinski definition) is 5. The standard InChI is InChI=1S/C10H16N4O/c1-14(7-8-3-2-6-15-8)9-4-5-12-10(11)13-9/h4-5,8H,2-3,6-7H2,1H3,(H2,11,12,13). The van der Waals surface area contributed by atoms with Crippen molar-refractivity contribution in [3.05, 3.63) is 12.3 Å². The van der Waals surface area contributed by atoms with Gasteiger partial charge in [0.25, 0.3) is 0 Å². The summed E-state index contributed by atoms with van der Waals surface area (Å²) in [5.74, 6) is 1.16. The van der Waals surface area contributed by atoms with E-state index >= 15 is 0 Å².